The zero-order chi connectivity index (χ0) is 17.2. The molecule has 1 amide bonds. The van der Waals surface area contributed by atoms with Gasteiger partial charge in [0, 0.05) is 23.5 Å². The summed E-state index contributed by atoms with van der Waals surface area (Å²) in [7, 11) is 0. The average molecular weight is 353 g/mol. The highest BCUT2D eigenvalue weighted by atomic mass is 32.1. The molecule has 7 heteroatoms. The van der Waals surface area contributed by atoms with Crippen LogP contribution in [0.15, 0.2) is 35.7 Å². The molecule has 0 N–H and O–H groups in total. The fourth-order valence-electron chi connectivity index (χ4n) is 3.00. The van der Waals surface area contributed by atoms with Crippen LogP contribution in [-0.4, -0.2) is 37.6 Å². The monoisotopic (exact) mass is 353 g/mol. The third-order valence-electron chi connectivity index (χ3n) is 4.51. The van der Waals surface area contributed by atoms with Crippen molar-refractivity contribution in [3.8, 4) is 11.4 Å². The van der Waals surface area contributed by atoms with Gasteiger partial charge < -0.3 is 4.90 Å². The zero-order valence-corrected chi connectivity index (χ0v) is 14.9. The number of rotatable bonds is 4. The highest BCUT2D eigenvalue weighted by molar-refractivity contribution is 7.10. The molecule has 0 saturated carbocycles. The molecule has 1 aliphatic heterocycles. The van der Waals surface area contributed by atoms with E-state index in [2.05, 4.69) is 45.9 Å². The molecule has 0 unspecified atom stereocenters. The summed E-state index contributed by atoms with van der Waals surface area (Å²) in [5.41, 5.74) is 3.44. The van der Waals surface area contributed by atoms with Gasteiger partial charge in [0.25, 0.3) is 0 Å². The van der Waals surface area contributed by atoms with Gasteiger partial charge in [0.15, 0.2) is 0 Å². The van der Waals surface area contributed by atoms with Gasteiger partial charge in [-0.2, -0.15) is 4.80 Å². The number of nitrogens with zero attached hydrogens (tertiary/aromatic N) is 5. The molecule has 25 heavy (non-hydrogen) atoms. The second-order valence-electron chi connectivity index (χ2n) is 6.13. The van der Waals surface area contributed by atoms with E-state index in [-0.39, 0.29) is 12.5 Å². The summed E-state index contributed by atoms with van der Waals surface area (Å²) in [5, 5.41) is 14.6. The van der Waals surface area contributed by atoms with Crippen LogP contribution in [-0.2, 0) is 30.7 Å². The van der Waals surface area contributed by atoms with Gasteiger partial charge in [-0.15, -0.1) is 21.5 Å². The minimum Gasteiger partial charge on any atom is -0.336 e. The number of tetrazole rings is 1. The second kappa shape index (κ2) is 6.76. The molecule has 128 valence electrons. The SMILES string of the molecule is CCc1ccc(-c2nnn(CC(=O)N3CCc4sccc4C3)n2)cc1. The number of fused-ring (bicyclic) bond motifs is 1. The fraction of sp³-hybridized carbons (Fsp3) is 0.333. The van der Waals surface area contributed by atoms with E-state index in [1.807, 2.05) is 17.0 Å². The van der Waals surface area contributed by atoms with Gasteiger partial charge in [0.1, 0.15) is 6.54 Å². The predicted molar refractivity (Wildman–Crippen MR) is 96.1 cm³/mol. The molecule has 0 spiro atoms. The summed E-state index contributed by atoms with van der Waals surface area (Å²) >= 11 is 1.77. The molecule has 6 nitrogen and oxygen atoms in total. The maximum Gasteiger partial charge on any atom is 0.246 e. The number of benzene rings is 1. The highest BCUT2D eigenvalue weighted by Crippen LogP contribution is 2.24. The van der Waals surface area contributed by atoms with Crippen LogP contribution in [0.1, 0.15) is 22.9 Å². The average Bonchev–Trinajstić information content (AvgIpc) is 3.30. The number of hydrogen-bond donors (Lipinski definition) is 0. The van der Waals surface area contributed by atoms with Crippen molar-refractivity contribution in [1.29, 1.82) is 0 Å². The Balaban J connectivity index is 1.43. The van der Waals surface area contributed by atoms with Crippen molar-refractivity contribution in [2.45, 2.75) is 32.9 Å². The Hall–Kier alpha value is -2.54. The summed E-state index contributed by atoms with van der Waals surface area (Å²) in [5.74, 6) is 0.580. The molecule has 1 aliphatic rings. The van der Waals surface area contributed by atoms with Gasteiger partial charge in [-0.05, 0) is 40.6 Å². The van der Waals surface area contributed by atoms with Gasteiger partial charge in [-0.1, -0.05) is 31.2 Å². The molecule has 0 fully saturated rings. The van der Waals surface area contributed by atoms with Crippen molar-refractivity contribution in [2.75, 3.05) is 6.54 Å². The molecule has 3 heterocycles. The van der Waals surface area contributed by atoms with E-state index in [4.69, 9.17) is 0 Å². The lowest BCUT2D eigenvalue weighted by Gasteiger charge is -2.26. The summed E-state index contributed by atoms with van der Waals surface area (Å²) in [6.07, 6.45) is 1.93. The van der Waals surface area contributed by atoms with E-state index in [1.165, 1.54) is 20.8 Å². The first-order chi connectivity index (χ1) is 12.2. The molecule has 0 atom stereocenters. The zero-order valence-electron chi connectivity index (χ0n) is 14.1. The number of amides is 1. The van der Waals surface area contributed by atoms with E-state index in [0.29, 0.717) is 12.4 Å². The van der Waals surface area contributed by atoms with Gasteiger partial charge in [-0.25, -0.2) is 0 Å². The Morgan fingerprint density at radius 3 is 2.88 bits per heavy atom. The number of aryl methyl sites for hydroxylation is 1. The predicted octanol–water partition coefficient (Wildman–Crippen LogP) is 2.55. The van der Waals surface area contributed by atoms with Crippen molar-refractivity contribution in [1.82, 2.24) is 25.1 Å². The van der Waals surface area contributed by atoms with Crippen molar-refractivity contribution in [3.63, 3.8) is 0 Å². The first kappa shape index (κ1) is 16.0. The van der Waals surface area contributed by atoms with Crippen molar-refractivity contribution in [3.05, 3.63) is 51.7 Å². The first-order valence-corrected chi connectivity index (χ1v) is 9.31. The van der Waals surface area contributed by atoms with Crippen LogP contribution < -0.4 is 0 Å². The third kappa shape index (κ3) is 3.32. The third-order valence-corrected chi connectivity index (χ3v) is 5.53. The number of hydrogen-bond acceptors (Lipinski definition) is 5. The van der Waals surface area contributed by atoms with Gasteiger partial charge >= 0.3 is 0 Å². The molecule has 0 saturated heterocycles. The van der Waals surface area contributed by atoms with Crippen LogP contribution in [0, 0.1) is 0 Å². The van der Waals surface area contributed by atoms with E-state index < -0.39 is 0 Å². The maximum absolute atomic E-state index is 12.5. The molecule has 4 rings (SSSR count). The number of carbonyl (C=O) groups excluding carboxylic acids is 1. The summed E-state index contributed by atoms with van der Waals surface area (Å²) < 4.78 is 0. The number of carbonyl (C=O) groups is 1. The maximum atomic E-state index is 12.5. The summed E-state index contributed by atoms with van der Waals surface area (Å²) in [6.45, 7) is 3.68. The molecule has 3 aromatic rings. The van der Waals surface area contributed by atoms with Crippen LogP contribution in [0.25, 0.3) is 11.4 Å². The Kier molecular flexibility index (Phi) is 4.31. The second-order valence-corrected chi connectivity index (χ2v) is 7.13. The molecule has 1 aromatic carbocycles. The van der Waals surface area contributed by atoms with Crippen molar-refractivity contribution >= 4 is 17.2 Å². The minimum absolute atomic E-state index is 0.0298. The topological polar surface area (TPSA) is 63.9 Å². The molecule has 0 aliphatic carbocycles. The summed E-state index contributed by atoms with van der Waals surface area (Å²) in [6, 6.07) is 10.2. The quantitative estimate of drug-likeness (QED) is 0.723. The van der Waals surface area contributed by atoms with Crippen LogP contribution in [0.3, 0.4) is 0 Å². The Bertz CT molecular complexity index is 883. The lowest BCUT2D eigenvalue weighted by Crippen LogP contribution is -2.37. The Labute approximate surface area is 150 Å². The van der Waals surface area contributed by atoms with E-state index in [9.17, 15) is 4.79 Å². The lowest BCUT2D eigenvalue weighted by atomic mass is 10.1. The minimum atomic E-state index is 0.0298. The number of thiophene rings is 1. The van der Waals surface area contributed by atoms with Gasteiger partial charge in [-0.3, -0.25) is 4.79 Å². The standard InChI is InChI=1S/C18H19N5OS/c1-2-13-3-5-14(6-4-13)18-19-21-23(20-18)12-17(24)22-9-7-16-15(11-22)8-10-25-16/h3-6,8,10H,2,7,9,11-12H2,1H3. The van der Waals surface area contributed by atoms with Gasteiger partial charge in [0.05, 0.1) is 0 Å². The first-order valence-electron chi connectivity index (χ1n) is 8.43. The Morgan fingerprint density at radius 1 is 1.24 bits per heavy atom. The van der Waals surface area contributed by atoms with E-state index >= 15 is 0 Å². The smallest absolute Gasteiger partial charge is 0.246 e. The molecular formula is C18H19N5OS. The van der Waals surface area contributed by atoms with E-state index in [0.717, 1.165) is 24.9 Å². The van der Waals surface area contributed by atoms with Crippen LogP contribution in [0.2, 0.25) is 0 Å². The molecule has 2 aromatic heterocycles. The fourth-order valence-corrected chi connectivity index (χ4v) is 3.89. The molecule has 0 radical (unpaired) electrons. The van der Waals surface area contributed by atoms with Crippen molar-refractivity contribution in [2.24, 2.45) is 0 Å². The van der Waals surface area contributed by atoms with Crippen LogP contribution >= 0.6 is 11.3 Å². The largest absolute Gasteiger partial charge is 0.336 e. The molecular weight excluding hydrogens is 334 g/mol. The van der Waals surface area contributed by atoms with Crippen molar-refractivity contribution < 1.29 is 4.79 Å². The van der Waals surface area contributed by atoms with Crippen LogP contribution in [0.4, 0.5) is 0 Å². The molecule has 0 bridgehead atoms. The Morgan fingerprint density at radius 2 is 2.08 bits per heavy atom. The summed E-state index contributed by atoms with van der Waals surface area (Å²) in [4.78, 5) is 17.2. The number of aromatic nitrogens is 4. The normalized spacial score (nSPS) is 13.7. The van der Waals surface area contributed by atoms with Gasteiger partial charge in [0.2, 0.25) is 11.7 Å². The van der Waals surface area contributed by atoms with Crippen LogP contribution in [0.5, 0.6) is 0 Å². The van der Waals surface area contributed by atoms with E-state index in [1.54, 1.807) is 11.3 Å². The highest BCUT2D eigenvalue weighted by Gasteiger charge is 2.22. The lowest BCUT2D eigenvalue weighted by molar-refractivity contribution is -0.133.